The van der Waals surface area contributed by atoms with Crippen LogP contribution in [-0.2, 0) is 0 Å². The van der Waals surface area contributed by atoms with Crippen LogP contribution in [0.3, 0.4) is 0 Å². The van der Waals surface area contributed by atoms with Crippen molar-refractivity contribution in [1.82, 2.24) is 9.97 Å². The van der Waals surface area contributed by atoms with Gasteiger partial charge in [0.2, 0.25) is 0 Å². The number of aryl methyl sites for hydroxylation is 2. The zero-order valence-electron chi connectivity index (χ0n) is 15.6. The Bertz CT molecular complexity index is 933. The second-order valence-corrected chi connectivity index (χ2v) is 8.27. The number of hydrogen-bond donors (Lipinski definition) is 0. The van der Waals surface area contributed by atoms with Gasteiger partial charge in [0, 0.05) is 23.0 Å². The second kappa shape index (κ2) is 6.95. The Balaban J connectivity index is 1.96. The maximum absolute atomic E-state index is 13.4. The molecule has 1 unspecified atom stereocenters. The van der Waals surface area contributed by atoms with E-state index < -0.39 is 0 Å². The molecule has 0 N–H and O–H groups in total. The predicted molar refractivity (Wildman–Crippen MR) is 108 cm³/mol. The van der Waals surface area contributed by atoms with Crippen molar-refractivity contribution in [3.8, 4) is 11.1 Å². The molecular formula is C21H24FN3S. The van der Waals surface area contributed by atoms with Crippen molar-refractivity contribution < 1.29 is 4.39 Å². The summed E-state index contributed by atoms with van der Waals surface area (Å²) in [6, 6.07) is 7.32. The van der Waals surface area contributed by atoms with Crippen LogP contribution in [0.4, 0.5) is 10.2 Å². The first-order valence-electron chi connectivity index (χ1n) is 9.38. The van der Waals surface area contributed by atoms with Gasteiger partial charge in [-0.25, -0.2) is 14.4 Å². The van der Waals surface area contributed by atoms with Gasteiger partial charge in [-0.3, -0.25) is 0 Å². The summed E-state index contributed by atoms with van der Waals surface area (Å²) in [4.78, 5) is 14.3. The van der Waals surface area contributed by atoms with E-state index >= 15 is 0 Å². The van der Waals surface area contributed by atoms with Gasteiger partial charge in [-0.05, 0) is 57.2 Å². The second-order valence-electron chi connectivity index (χ2n) is 7.07. The minimum Gasteiger partial charge on any atom is -0.353 e. The highest BCUT2D eigenvalue weighted by atomic mass is 32.1. The van der Waals surface area contributed by atoms with Crippen LogP contribution in [0.1, 0.15) is 43.3 Å². The number of halogens is 1. The summed E-state index contributed by atoms with van der Waals surface area (Å²) in [7, 11) is 0. The normalized spacial score (nSPS) is 17.8. The Morgan fingerprint density at radius 3 is 2.65 bits per heavy atom. The highest BCUT2D eigenvalue weighted by Crippen LogP contribution is 2.43. The van der Waals surface area contributed by atoms with E-state index in [1.54, 1.807) is 11.3 Å². The molecule has 1 aromatic carbocycles. The van der Waals surface area contributed by atoms with Crippen molar-refractivity contribution in [2.45, 2.75) is 52.5 Å². The Kier molecular flexibility index (Phi) is 4.65. The van der Waals surface area contributed by atoms with Crippen molar-refractivity contribution in [3.63, 3.8) is 0 Å². The SMILES string of the molecule is CCC1CCCCN1c1nc(C)nc2sc(C)c(-c3ccc(F)cc3)c12. The van der Waals surface area contributed by atoms with Gasteiger partial charge < -0.3 is 4.90 Å². The molecule has 1 atom stereocenters. The van der Waals surface area contributed by atoms with Crippen LogP contribution in [0.5, 0.6) is 0 Å². The molecule has 0 spiro atoms. The van der Waals surface area contributed by atoms with Crippen LogP contribution in [0.25, 0.3) is 21.3 Å². The molecule has 3 nitrogen and oxygen atoms in total. The standard InChI is InChI=1S/C21H24FN3S/c1-4-17-7-5-6-12-25(17)20-19-18(15-8-10-16(22)11-9-15)13(2)26-21(19)24-14(3)23-20/h8-11,17H,4-7,12H2,1-3H3. The van der Waals surface area contributed by atoms with Gasteiger partial charge in [0.25, 0.3) is 0 Å². The molecule has 2 aromatic heterocycles. The van der Waals surface area contributed by atoms with Gasteiger partial charge in [-0.2, -0.15) is 0 Å². The molecule has 4 rings (SSSR count). The van der Waals surface area contributed by atoms with Crippen LogP contribution in [0, 0.1) is 19.7 Å². The number of aromatic nitrogens is 2. The maximum atomic E-state index is 13.4. The lowest BCUT2D eigenvalue weighted by Crippen LogP contribution is -2.39. The third kappa shape index (κ3) is 2.98. The molecule has 5 heteroatoms. The Hall–Kier alpha value is -2.01. The quantitative estimate of drug-likeness (QED) is 0.577. The number of nitrogens with zero attached hydrogens (tertiary/aromatic N) is 3. The number of fused-ring (bicyclic) bond motifs is 1. The van der Waals surface area contributed by atoms with Gasteiger partial charge in [0.05, 0.1) is 5.39 Å². The number of benzene rings is 1. The molecule has 0 amide bonds. The summed E-state index contributed by atoms with van der Waals surface area (Å²) in [6.45, 7) is 7.40. The molecule has 1 aliphatic heterocycles. The molecule has 0 saturated carbocycles. The lowest BCUT2D eigenvalue weighted by molar-refractivity contribution is 0.447. The van der Waals surface area contributed by atoms with E-state index in [1.807, 2.05) is 19.1 Å². The van der Waals surface area contributed by atoms with Gasteiger partial charge in [0.1, 0.15) is 22.3 Å². The fraction of sp³-hybridized carbons (Fsp3) is 0.429. The minimum absolute atomic E-state index is 0.208. The summed E-state index contributed by atoms with van der Waals surface area (Å²) < 4.78 is 13.4. The molecule has 0 aliphatic carbocycles. The number of piperidine rings is 1. The third-order valence-electron chi connectivity index (χ3n) is 5.32. The largest absolute Gasteiger partial charge is 0.353 e. The molecular weight excluding hydrogens is 345 g/mol. The van der Waals surface area contributed by atoms with E-state index in [2.05, 4.69) is 18.7 Å². The van der Waals surface area contributed by atoms with Crippen LogP contribution >= 0.6 is 11.3 Å². The molecule has 3 heterocycles. The van der Waals surface area contributed by atoms with E-state index in [4.69, 9.17) is 9.97 Å². The highest BCUT2D eigenvalue weighted by Gasteiger charge is 2.27. The molecule has 0 radical (unpaired) electrons. The van der Waals surface area contributed by atoms with Crippen molar-refractivity contribution >= 4 is 27.4 Å². The first-order chi connectivity index (χ1) is 12.6. The lowest BCUT2D eigenvalue weighted by atomic mass is 9.98. The maximum Gasteiger partial charge on any atom is 0.141 e. The summed E-state index contributed by atoms with van der Waals surface area (Å²) in [5.41, 5.74) is 2.19. The molecule has 1 aliphatic rings. The lowest BCUT2D eigenvalue weighted by Gasteiger charge is -2.36. The third-order valence-corrected chi connectivity index (χ3v) is 6.32. The summed E-state index contributed by atoms with van der Waals surface area (Å²) >= 11 is 1.71. The van der Waals surface area contributed by atoms with Crippen molar-refractivity contribution in [1.29, 1.82) is 0 Å². The van der Waals surface area contributed by atoms with Gasteiger partial charge in [0.15, 0.2) is 0 Å². The average molecular weight is 370 g/mol. The van der Waals surface area contributed by atoms with E-state index in [1.165, 1.54) is 36.3 Å². The fourth-order valence-electron chi connectivity index (χ4n) is 4.07. The number of rotatable bonds is 3. The van der Waals surface area contributed by atoms with Crippen LogP contribution in [-0.4, -0.2) is 22.6 Å². The van der Waals surface area contributed by atoms with E-state index in [-0.39, 0.29) is 5.82 Å². The predicted octanol–water partition coefficient (Wildman–Crippen LogP) is 5.88. The summed E-state index contributed by atoms with van der Waals surface area (Å²) in [5.74, 6) is 1.67. The first kappa shape index (κ1) is 17.4. The molecule has 3 aromatic rings. The first-order valence-corrected chi connectivity index (χ1v) is 10.2. The number of thiophene rings is 1. The number of anilines is 1. The van der Waals surface area contributed by atoms with Crippen molar-refractivity contribution in [2.24, 2.45) is 0 Å². The van der Waals surface area contributed by atoms with E-state index in [9.17, 15) is 4.39 Å². The van der Waals surface area contributed by atoms with Gasteiger partial charge >= 0.3 is 0 Å². The van der Waals surface area contributed by atoms with E-state index in [0.29, 0.717) is 6.04 Å². The van der Waals surface area contributed by atoms with Gasteiger partial charge in [-0.1, -0.05) is 19.1 Å². The van der Waals surface area contributed by atoms with Crippen LogP contribution < -0.4 is 4.90 Å². The Labute approximate surface area is 157 Å². The smallest absolute Gasteiger partial charge is 0.141 e. The molecule has 1 fully saturated rings. The zero-order valence-corrected chi connectivity index (χ0v) is 16.4. The fourth-order valence-corrected chi connectivity index (χ4v) is 5.16. The number of hydrogen-bond acceptors (Lipinski definition) is 4. The van der Waals surface area contributed by atoms with Crippen molar-refractivity contribution in [3.05, 3.63) is 40.8 Å². The van der Waals surface area contributed by atoms with Crippen molar-refractivity contribution in [2.75, 3.05) is 11.4 Å². The molecule has 136 valence electrons. The Morgan fingerprint density at radius 1 is 1.15 bits per heavy atom. The molecule has 1 saturated heterocycles. The van der Waals surface area contributed by atoms with Crippen LogP contribution in [0.15, 0.2) is 24.3 Å². The topological polar surface area (TPSA) is 29.0 Å². The minimum atomic E-state index is -0.208. The Morgan fingerprint density at radius 2 is 1.92 bits per heavy atom. The monoisotopic (exact) mass is 369 g/mol. The van der Waals surface area contributed by atoms with Gasteiger partial charge in [-0.15, -0.1) is 11.3 Å². The summed E-state index contributed by atoms with van der Waals surface area (Å²) in [6.07, 6.45) is 4.83. The molecule has 26 heavy (non-hydrogen) atoms. The van der Waals surface area contributed by atoms with Crippen LogP contribution in [0.2, 0.25) is 0 Å². The van der Waals surface area contributed by atoms with E-state index in [0.717, 1.165) is 46.0 Å². The molecule has 0 bridgehead atoms. The summed E-state index contributed by atoms with van der Waals surface area (Å²) in [5, 5.41) is 1.13. The zero-order chi connectivity index (χ0) is 18.3. The average Bonchev–Trinajstić information content (AvgIpc) is 2.97. The highest BCUT2D eigenvalue weighted by molar-refractivity contribution is 7.19.